The summed E-state index contributed by atoms with van der Waals surface area (Å²) in [6.07, 6.45) is 3.79. The van der Waals surface area contributed by atoms with E-state index in [1.807, 2.05) is 35.0 Å². The second-order valence-corrected chi connectivity index (χ2v) is 6.01. The Kier molecular flexibility index (Phi) is 3.62. The van der Waals surface area contributed by atoms with Crippen LogP contribution in [0, 0.1) is 0 Å². The molecule has 0 aliphatic carbocycles. The van der Waals surface area contributed by atoms with Crippen molar-refractivity contribution in [1.29, 1.82) is 0 Å². The summed E-state index contributed by atoms with van der Waals surface area (Å²) in [4.78, 5) is 5.02. The van der Waals surface area contributed by atoms with Crippen molar-refractivity contribution < 1.29 is 8.95 Å². The van der Waals surface area contributed by atoms with Gasteiger partial charge in [0, 0.05) is 18.1 Å². The maximum atomic E-state index is 12.5. The Morgan fingerprint density at radius 3 is 2.95 bits per heavy atom. The van der Waals surface area contributed by atoms with Gasteiger partial charge < -0.3 is 14.9 Å². The van der Waals surface area contributed by atoms with Crippen molar-refractivity contribution in [2.75, 3.05) is 12.8 Å². The van der Waals surface area contributed by atoms with Crippen LogP contribution in [-0.2, 0) is 16.6 Å². The molecule has 108 valence electrons. The monoisotopic (exact) mass is 301 g/mol. The number of anilines is 1. The molecular formula is C15H15N3O2S. The number of hydrogen-bond donors (Lipinski definition) is 1. The third kappa shape index (κ3) is 2.75. The minimum absolute atomic E-state index is 0.318. The molecule has 2 heterocycles. The van der Waals surface area contributed by atoms with Crippen molar-refractivity contribution >= 4 is 22.1 Å². The van der Waals surface area contributed by atoms with Crippen LogP contribution in [0.25, 0.3) is 5.65 Å². The predicted molar refractivity (Wildman–Crippen MR) is 82.7 cm³/mol. The SMILES string of the molecule is COc1ccc(N)c(S(=O)Cc2cn3ccccc3n2)c1. The number of nitrogens with zero attached hydrogens (tertiary/aromatic N) is 2. The fourth-order valence-corrected chi connectivity index (χ4v) is 3.25. The smallest absolute Gasteiger partial charge is 0.137 e. The molecule has 3 aromatic rings. The van der Waals surface area contributed by atoms with Crippen molar-refractivity contribution in [3.8, 4) is 5.75 Å². The Hall–Kier alpha value is -2.34. The van der Waals surface area contributed by atoms with E-state index in [0.717, 1.165) is 11.3 Å². The molecule has 6 heteroatoms. The summed E-state index contributed by atoms with van der Waals surface area (Å²) in [6, 6.07) is 10.9. The molecule has 21 heavy (non-hydrogen) atoms. The number of ether oxygens (including phenoxy) is 1. The molecule has 3 rings (SSSR count). The number of aromatic nitrogens is 2. The van der Waals surface area contributed by atoms with Crippen LogP contribution in [0.5, 0.6) is 5.75 Å². The number of hydrogen-bond acceptors (Lipinski definition) is 4. The molecule has 5 nitrogen and oxygen atoms in total. The first-order valence-electron chi connectivity index (χ1n) is 6.42. The van der Waals surface area contributed by atoms with Crippen molar-refractivity contribution in [1.82, 2.24) is 9.38 Å². The minimum Gasteiger partial charge on any atom is -0.497 e. The first-order valence-corrected chi connectivity index (χ1v) is 7.74. The van der Waals surface area contributed by atoms with Gasteiger partial charge in [-0.05, 0) is 30.3 Å². The van der Waals surface area contributed by atoms with Gasteiger partial charge in [0.15, 0.2) is 0 Å². The highest BCUT2D eigenvalue weighted by Gasteiger charge is 2.12. The number of imidazole rings is 1. The molecule has 0 spiro atoms. The van der Waals surface area contributed by atoms with Crippen molar-refractivity contribution in [3.05, 3.63) is 54.5 Å². The van der Waals surface area contributed by atoms with Crippen LogP contribution in [0.3, 0.4) is 0 Å². The molecule has 0 saturated heterocycles. The van der Waals surface area contributed by atoms with E-state index in [-0.39, 0.29) is 0 Å². The zero-order valence-corrected chi connectivity index (χ0v) is 12.3. The third-order valence-electron chi connectivity index (χ3n) is 3.16. The van der Waals surface area contributed by atoms with Crippen molar-refractivity contribution in [2.24, 2.45) is 0 Å². The van der Waals surface area contributed by atoms with Gasteiger partial charge in [-0.25, -0.2) is 4.98 Å². The average molecular weight is 301 g/mol. The number of nitrogen functional groups attached to an aromatic ring is 1. The van der Waals surface area contributed by atoms with Crippen LogP contribution >= 0.6 is 0 Å². The molecule has 0 amide bonds. The molecule has 0 aliphatic rings. The normalized spacial score (nSPS) is 12.4. The second-order valence-electron chi connectivity index (χ2n) is 4.59. The quantitative estimate of drug-likeness (QED) is 0.750. The lowest BCUT2D eigenvalue weighted by Gasteiger charge is -2.07. The molecule has 0 fully saturated rings. The van der Waals surface area contributed by atoms with E-state index in [4.69, 9.17) is 10.5 Å². The summed E-state index contributed by atoms with van der Waals surface area (Å²) in [5.41, 5.74) is 8.00. The Balaban J connectivity index is 1.89. The molecule has 2 N–H and O–H groups in total. The van der Waals surface area contributed by atoms with Crippen LogP contribution in [-0.4, -0.2) is 20.7 Å². The van der Waals surface area contributed by atoms with Gasteiger partial charge in [0.2, 0.25) is 0 Å². The minimum atomic E-state index is -1.27. The summed E-state index contributed by atoms with van der Waals surface area (Å²) in [6.45, 7) is 0. The first kappa shape index (κ1) is 13.6. The van der Waals surface area contributed by atoms with Gasteiger partial charge in [-0.2, -0.15) is 0 Å². The number of rotatable bonds is 4. The van der Waals surface area contributed by atoms with Gasteiger partial charge in [0.25, 0.3) is 0 Å². The standard InChI is InChI=1S/C15H15N3O2S/c1-20-12-5-6-13(16)14(8-12)21(19)10-11-9-18-7-3-2-4-15(18)17-11/h2-9H,10,16H2,1H3. The maximum absolute atomic E-state index is 12.5. The molecule has 0 radical (unpaired) electrons. The lowest BCUT2D eigenvalue weighted by molar-refractivity contribution is 0.413. The Morgan fingerprint density at radius 2 is 2.19 bits per heavy atom. The van der Waals surface area contributed by atoms with E-state index >= 15 is 0 Å². The van der Waals surface area contributed by atoms with Gasteiger partial charge in [0.05, 0.1) is 34.3 Å². The Bertz CT molecular complexity index is 781. The number of fused-ring (bicyclic) bond motifs is 1. The average Bonchev–Trinajstić information content (AvgIpc) is 2.89. The van der Waals surface area contributed by atoms with E-state index in [1.54, 1.807) is 25.3 Å². The summed E-state index contributed by atoms with van der Waals surface area (Å²) >= 11 is 0. The van der Waals surface area contributed by atoms with Gasteiger partial charge in [-0.3, -0.25) is 4.21 Å². The van der Waals surface area contributed by atoms with E-state index in [2.05, 4.69) is 4.98 Å². The summed E-state index contributed by atoms with van der Waals surface area (Å²) < 4.78 is 19.6. The lowest BCUT2D eigenvalue weighted by Crippen LogP contribution is -2.01. The molecular weight excluding hydrogens is 286 g/mol. The van der Waals surface area contributed by atoms with Gasteiger partial charge in [-0.1, -0.05) is 6.07 Å². The number of methoxy groups -OCH3 is 1. The Morgan fingerprint density at radius 1 is 1.33 bits per heavy atom. The zero-order chi connectivity index (χ0) is 14.8. The van der Waals surface area contributed by atoms with E-state index in [9.17, 15) is 4.21 Å². The molecule has 2 aromatic heterocycles. The number of nitrogens with two attached hydrogens (primary N) is 1. The fraction of sp³-hybridized carbons (Fsp3) is 0.133. The van der Waals surface area contributed by atoms with E-state index in [0.29, 0.717) is 22.1 Å². The molecule has 1 aromatic carbocycles. The Labute approximate surface area is 124 Å². The fourth-order valence-electron chi connectivity index (χ4n) is 2.11. The van der Waals surface area contributed by atoms with Gasteiger partial charge >= 0.3 is 0 Å². The van der Waals surface area contributed by atoms with Crippen LogP contribution in [0.1, 0.15) is 5.69 Å². The van der Waals surface area contributed by atoms with Crippen LogP contribution < -0.4 is 10.5 Å². The van der Waals surface area contributed by atoms with Gasteiger partial charge in [-0.15, -0.1) is 0 Å². The van der Waals surface area contributed by atoms with E-state index < -0.39 is 10.8 Å². The van der Waals surface area contributed by atoms with Gasteiger partial charge in [0.1, 0.15) is 11.4 Å². The highest BCUT2D eigenvalue weighted by molar-refractivity contribution is 7.84. The number of pyridine rings is 1. The molecule has 0 bridgehead atoms. The lowest BCUT2D eigenvalue weighted by atomic mass is 10.3. The van der Waals surface area contributed by atoms with Crippen molar-refractivity contribution in [3.63, 3.8) is 0 Å². The molecule has 1 unspecified atom stereocenters. The summed E-state index contributed by atoms with van der Waals surface area (Å²) in [5.74, 6) is 0.960. The second kappa shape index (κ2) is 5.57. The highest BCUT2D eigenvalue weighted by Crippen LogP contribution is 2.24. The molecule has 0 aliphatic heterocycles. The van der Waals surface area contributed by atoms with E-state index in [1.165, 1.54) is 0 Å². The topological polar surface area (TPSA) is 69.6 Å². The molecule has 1 atom stereocenters. The summed E-state index contributed by atoms with van der Waals surface area (Å²) in [5, 5.41) is 0. The summed E-state index contributed by atoms with van der Waals surface area (Å²) in [7, 11) is 0.304. The van der Waals surface area contributed by atoms with Crippen molar-refractivity contribution in [2.45, 2.75) is 10.6 Å². The highest BCUT2D eigenvalue weighted by atomic mass is 32.2. The van der Waals surface area contributed by atoms with Crippen LogP contribution in [0.2, 0.25) is 0 Å². The predicted octanol–water partition coefficient (Wildman–Crippen LogP) is 2.23. The van der Waals surface area contributed by atoms with Crippen LogP contribution in [0.4, 0.5) is 5.69 Å². The molecule has 0 saturated carbocycles. The number of benzene rings is 1. The zero-order valence-electron chi connectivity index (χ0n) is 11.5. The largest absolute Gasteiger partial charge is 0.497 e. The van der Waals surface area contributed by atoms with Crippen LogP contribution in [0.15, 0.2) is 53.7 Å². The third-order valence-corrected chi connectivity index (χ3v) is 4.56. The maximum Gasteiger partial charge on any atom is 0.137 e. The first-order chi connectivity index (χ1) is 10.2.